The van der Waals surface area contributed by atoms with Gasteiger partial charge in [-0.15, -0.1) is 0 Å². The first-order valence-corrected chi connectivity index (χ1v) is 9.32. The Kier molecular flexibility index (Phi) is 6.16. The zero-order valence-corrected chi connectivity index (χ0v) is 16.7. The number of hydrogen-bond acceptors (Lipinski definition) is 5. The Bertz CT molecular complexity index is 932. The van der Waals surface area contributed by atoms with E-state index in [1.54, 1.807) is 20.3 Å². The lowest BCUT2D eigenvalue weighted by molar-refractivity contribution is -0.141. The van der Waals surface area contributed by atoms with Crippen LogP contribution in [0.3, 0.4) is 0 Å². The van der Waals surface area contributed by atoms with Gasteiger partial charge >= 0.3 is 5.97 Å². The lowest BCUT2D eigenvalue weighted by atomic mass is 9.97. The zero-order chi connectivity index (χ0) is 21.0. The number of rotatable bonds is 7. The van der Waals surface area contributed by atoms with Crippen molar-refractivity contribution in [3.63, 3.8) is 0 Å². The fourth-order valence-electron chi connectivity index (χ4n) is 3.35. The third kappa shape index (κ3) is 4.74. The molecule has 1 amide bonds. The number of carboxylic acids is 1. The Morgan fingerprint density at radius 2 is 1.79 bits per heavy atom. The molecule has 0 saturated heterocycles. The van der Waals surface area contributed by atoms with Crippen LogP contribution in [0.5, 0.6) is 11.5 Å². The third-order valence-electron chi connectivity index (χ3n) is 4.83. The molecular formula is C22H24N2O5. The normalized spacial score (nSPS) is 15.8. The van der Waals surface area contributed by atoms with Crippen LogP contribution in [0.15, 0.2) is 47.6 Å². The minimum Gasteiger partial charge on any atom is -0.497 e. The van der Waals surface area contributed by atoms with Crippen molar-refractivity contribution in [2.45, 2.75) is 32.2 Å². The van der Waals surface area contributed by atoms with Gasteiger partial charge in [-0.2, -0.15) is 5.10 Å². The summed E-state index contributed by atoms with van der Waals surface area (Å²) >= 11 is 0. The Balaban J connectivity index is 1.97. The lowest BCUT2D eigenvalue weighted by Gasteiger charge is -2.22. The molecular weight excluding hydrogens is 372 g/mol. The van der Waals surface area contributed by atoms with Crippen molar-refractivity contribution in [3.05, 3.63) is 59.2 Å². The molecule has 29 heavy (non-hydrogen) atoms. The first-order chi connectivity index (χ1) is 13.9. The van der Waals surface area contributed by atoms with E-state index in [-0.39, 0.29) is 24.8 Å². The van der Waals surface area contributed by atoms with Gasteiger partial charge in [0, 0.05) is 24.5 Å². The van der Waals surface area contributed by atoms with Crippen molar-refractivity contribution in [1.82, 2.24) is 5.01 Å². The average Bonchev–Trinajstić information content (AvgIpc) is 3.17. The summed E-state index contributed by atoms with van der Waals surface area (Å²) in [6, 6.07) is 13.1. The van der Waals surface area contributed by atoms with Crippen LogP contribution in [-0.4, -0.2) is 41.9 Å². The summed E-state index contributed by atoms with van der Waals surface area (Å²) in [6.07, 6.45) is 0.183. The molecule has 0 radical (unpaired) electrons. The predicted molar refractivity (Wildman–Crippen MR) is 108 cm³/mol. The van der Waals surface area contributed by atoms with Gasteiger partial charge < -0.3 is 14.6 Å². The number of carbonyl (C=O) groups excluding carboxylic acids is 1. The third-order valence-corrected chi connectivity index (χ3v) is 4.83. The van der Waals surface area contributed by atoms with E-state index in [0.717, 1.165) is 22.4 Å². The van der Waals surface area contributed by atoms with Gasteiger partial charge in [0.2, 0.25) is 5.91 Å². The summed E-state index contributed by atoms with van der Waals surface area (Å²) in [4.78, 5) is 23.7. The average molecular weight is 396 g/mol. The van der Waals surface area contributed by atoms with E-state index in [4.69, 9.17) is 14.6 Å². The highest BCUT2D eigenvalue weighted by Crippen LogP contribution is 2.35. The van der Waals surface area contributed by atoms with Gasteiger partial charge in [-0.3, -0.25) is 9.59 Å². The summed E-state index contributed by atoms with van der Waals surface area (Å²) in [5.41, 5.74) is 3.56. The van der Waals surface area contributed by atoms with E-state index >= 15 is 0 Å². The lowest BCUT2D eigenvalue weighted by Crippen LogP contribution is -2.27. The highest BCUT2D eigenvalue weighted by molar-refractivity contribution is 6.03. The first kappa shape index (κ1) is 20.4. The fraction of sp³-hybridized carbons (Fsp3) is 0.318. The topological polar surface area (TPSA) is 88.4 Å². The van der Waals surface area contributed by atoms with Gasteiger partial charge in [0.05, 0.1) is 32.4 Å². The largest absolute Gasteiger partial charge is 0.497 e. The summed E-state index contributed by atoms with van der Waals surface area (Å²) in [5.74, 6) is -0.0650. The summed E-state index contributed by atoms with van der Waals surface area (Å²) in [7, 11) is 3.15. The van der Waals surface area contributed by atoms with Crippen molar-refractivity contribution in [3.8, 4) is 11.5 Å². The zero-order valence-electron chi connectivity index (χ0n) is 16.7. The van der Waals surface area contributed by atoms with Crippen molar-refractivity contribution in [2.75, 3.05) is 14.2 Å². The molecule has 1 N–H and O–H groups in total. The van der Waals surface area contributed by atoms with E-state index in [1.165, 1.54) is 5.01 Å². The van der Waals surface area contributed by atoms with E-state index in [2.05, 4.69) is 5.10 Å². The van der Waals surface area contributed by atoms with Gasteiger partial charge in [-0.25, -0.2) is 5.01 Å². The van der Waals surface area contributed by atoms with Crippen molar-refractivity contribution in [1.29, 1.82) is 0 Å². The Labute approximate surface area is 169 Å². The van der Waals surface area contributed by atoms with E-state index < -0.39 is 5.97 Å². The molecule has 3 rings (SSSR count). The van der Waals surface area contributed by atoms with Crippen LogP contribution in [-0.2, 0) is 9.59 Å². The Hall–Kier alpha value is -3.35. The fourth-order valence-corrected chi connectivity index (χ4v) is 3.35. The number of nitrogens with zero attached hydrogens (tertiary/aromatic N) is 2. The van der Waals surface area contributed by atoms with Gasteiger partial charge in [0.1, 0.15) is 11.5 Å². The molecule has 7 heteroatoms. The summed E-state index contributed by atoms with van der Waals surface area (Å²) < 4.78 is 10.7. The number of ether oxygens (including phenoxy) is 2. The van der Waals surface area contributed by atoms with Crippen LogP contribution in [0.4, 0.5) is 0 Å². The summed E-state index contributed by atoms with van der Waals surface area (Å²) in [5, 5.41) is 14.9. The number of aliphatic carboxylic acids is 1. The van der Waals surface area contributed by atoms with Crippen molar-refractivity contribution in [2.24, 2.45) is 5.10 Å². The molecule has 152 valence electrons. The molecule has 0 spiro atoms. The Morgan fingerprint density at radius 3 is 2.38 bits per heavy atom. The second-order valence-electron chi connectivity index (χ2n) is 6.91. The number of hydrogen-bond donors (Lipinski definition) is 1. The van der Waals surface area contributed by atoms with E-state index in [0.29, 0.717) is 17.9 Å². The second-order valence-corrected chi connectivity index (χ2v) is 6.91. The number of methoxy groups -OCH3 is 2. The molecule has 1 heterocycles. The number of hydrazone groups is 1. The predicted octanol–water partition coefficient (Wildman–Crippen LogP) is 3.55. The van der Waals surface area contributed by atoms with Crippen LogP contribution < -0.4 is 9.47 Å². The maximum atomic E-state index is 12.7. The van der Waals surface area contributed by atoms with Crippen molar-refractivity contribution < 1.29 is 24.2 Å². The van der Waals surface area contributed by atoms with Crippen LogP contribution >= 0.6 is 0 Å². The molecule has 7 nitrogen and oxygen atoms in total. The number of aryl methyl sites for hydroxylation is 1. The van der Waals surface area contributed by atoms with Gasteiger partial charge in [0.15, 0.2) is 0 Å². The highest BCUT2D eigenvalue weighted by atomic mass is 16.5. The number of benzene rings is 2. The second kappa shape index (κ2) is 8.77. The minimum absolute atomic E-state index is 0.101. The van der Waals surface area contributed by atoms with E-state index in [9.17, 15) is 9.59 Å². The van der Waals surface area contributed by atoms with Crippen LogP contribution in [0.25, 0.3) is 0 Å². The standard InChI is InChI=1S/C22H24N2O5/c1-14-5-4-6-15(9-14)20-13-19(23-24(20)21(25)7-8-22(26)27)16-10-17(28-2)12-18(11-16)29-3/h4-6,9-12,20H,7-8,13H2,1-3H3,(H,26,27)/t20-/m0/s1. The van der Waals surface area contributed by atoms with Crippen LogP contribution in [0, 0.1) is 6.92 Å². The molecule has 1 atom stereocenters. The maximum Gasteiger partial charge on any atom is 0.303 e. The van der Waals surface area contributed by atoms with Gasteiger partial charge in [0.25, 0.3) is 0 Å². The minimum atomic E-state index is -1.01. The molecule has 0 unspecified atom stereocenters. The van der Waals surface area contributed by atoms with Crippen LogP contribution in [0.1, 0.15) is 42.0 Å². The molecule has 0 aliphatic carbocycles. The van der Waals surface area contributed by atoms with Crippen LogP contribution in [0.2, 0.25) is 0 Å². The molecule has 0 saturated carbocycles. The van der Waals surface area contributed by atoms with Gasteiger partial charge in [-0.05, 0) is 24.6 Å². The highest BCUT2D eigenvalue weighted by Gasteiger charge is 2.33. The quantitative estimate of drug-likeness (QED) is 0.773. The molecule has 1 aliphatic rings. The maximum absolute atomic E-state index is 12.7. The molecule has 2 aromatic rings. The monoisotopic (exact) mass is 396 g/mol. The number of carboxylic acid groups (broad SMARTS) is 1. The smallest absolute Gasteiger partial charge is 0.303 e. The molecule has 0 bridgehead atoms. The first-order valence-electron chi connectivity index (χ1n) is 9.32. The molecule has 0 fully saturated rings. The number of amides is 1. The molecule has 2 aromatic carbocycles. The molecule has 0 aromatic heterocycles. The van der Waals surface area contributed by atoms with Gasteiger partial charge in [-0.1, -0.05) is 29.8 Å². The summed E-state index contributed by atoms with van der Waals surface area (Å²) in [6.45, 7) is 1.99. The SMILES string of the molecule is COc1cc(OC)cc(C2=NN(C(=O)CCC(=O)O)[C@H](c3cccc(C)c3)C2)c1. The number of carbonyl (C=O) groups is 2. The van der Waals surface area contributed by atoms with Crippen molar-refractivity contribution >= 4 is 17.6 Å². The Morgan fingerprint density at radius 1 is 1.10 bits per heavy atom. The van der Waals surface area contributed by atoms with E-state index in [1.807, 2.05) is 43.3 Å². The molecule has 1 aliphatic heterocycles.